The van der Waals surface area contributed by atoms with Crippen molar-refractivity contribution in [3.8, 4) is 78.9 Å². The molecule has 0 amide bonds. The molecular weight excluding hydrogens is 755 g/mol. The summed E-state index contributed by atoms with van der Waals surface area (Å²) in [6, 6.07) is 75.6. The minimum Gasteiger partial charge on any atom is -0.308 e. The lowest BCUT2D eigenvalue weighted by Crippen LogP contribution is -2.06. The van der Waals surface area contributed by atoms with Crippen molar-refractivity contribution >= 4 is 43.6 Å². The van der Waals surface area contributed by atoms with Crippen LogP contribution in [0.3, 0.4) is 0 Å². The van der Waals surface area contributed by atoms with E-state index in [1.807, 2.05) is 12.1 Å². The number of hydrogen-bond acceptors (Lipinski definition) is 3. The Hall–Kier alpha value is -8.41. The SMILES string of the molecule is c1ccc(-c2ccc(-c3nc(-c4ccc(-c5ccccc5)cc4)nc(-n4c5ccccc5c5c6c7c(cc54)c4ccccc4n7-c4ccccc4-c4ccccc4-6)n3)cc2)cc1. The summed E-state index contributed by atoms with van der Waals surface area (Å²) >= 11 is 0. The van der Waals surface area contributed by atoms with Gasteiger partial charge < -0.3 is 4.57 Å². The minimum atomic E-state index is 0.566. The van der Waals surface area contributed by atoms with Crippen LogP contribution in [-0.4, -0.2) is 24.1 Å². The summed E-state index contributed by atoms with van der Waals surface area (Å²) in [7, 11) is 0. The van der Waals surface area contributed by atoms with Crippen LogP contribution in [0.2, 0.25) is 0 Å². The average molecular weight is 790 g/mol. The zero-order valence-electron chi connectivity index (χ0n) is 33.4. The molecule has 1 aliphatic rings. The minimum absolute atomic E-state index is 0.566. The highest BCUT2D eigenvalue weighted by Crippen LogP contribution is 2.51. The van der Waals surface area contributed by atoms with Crippen molar-refractivity contribution in [2.75, 3.05) is 0 Å². The summed E-state index contributed by atoms with van der Waals surface area (Å²) in [4.78, 5) is 16.0. The fraction of sp³-hybridized carbons (Fsp3) is 0. The van der Waals surface area contributed by atoms with Crippen molar-refractivity contribution in [1.82, 2.24) is 24.1 Å². The lowest BCUT2D eigenvalue weighted by atomic mass is 9.91. The summed E-state index contributed by atoms with van der Waals surface area (Å²) in [6.07, 6.45) is 0. The van der Waals surface area contributed by atoms with Crippen LogP contribution in [0.4, 0.5) is 0 Å². The van der Waals surface area contributed by atoms with Gasteiger partial charge >= 0.3 is 0 Å². The van der Waals surface area contributed by atoms with Crippen LogP contribution in [0.15, 0.2) is 212 Å². The number of benzene rings is 9. The van der Waals surface area contributed by atoms with Gasteiger partial charge in [0.05, 0.1) is 27.8 Å². The number of fused-ring (bicyclic) bond motifs is 12. The van der Waals surface area contributed by atoms with Crippen LogP contribution >= 0.6 is 0 Å². The largest absolute Gasteiger partial charge is 0.308 e. The van der Waals surface area contributed by atoms with Gasteiger partial charge in [-0.15, -0.1) is 0 Å². The molecule has 0 aliphatic carbocycles. The Morgan fingerprint density at radius 2 is 0.774 bits per heavy atom. The molecule has 0 saturated carbocycles. The van der Waals surface area contributed by atoms with Crippen molar-refractivity contribution < 1.29 is 0 Å². The van der Waals surface area contributed by atoms with Crippen molar-refractivity contribution in [2.24, 2.45) is 0 Å². The van der Waals surface area contributed by atoms with Gasteiger partial charge in [-0.05, 0) is 57.6 Å². The predicted octanol–water partition coefficient (Wildman–Crippen LogP) is 14.4. The average Bonchev–Trinajstić information content (AvgIpc) is 3.82. The third-order valence-electron chi connectivity index (χ3n) is 12.5. The lowest BCUT2D eigenvalue weighted by molar-refractivity contribution is 0.954. The van der Waals surface area contributed by atoms with Crippen LogP contribution in [0, 0.1) is 0 Å². The maximum Gasteiger partial charge on any atom is 0.238 e. The van der Waals surface area contributed by atoms with Gasteiger partial charge in [0.2, 0.25) is 5.95 Å². The van der Waals surface area contributed by atoms with Crippen LogP contribution in [0.1, 0.15) is 0 Å². The Morgan fingerprint density at radius 1 is 0.306 bits per heavy atom. The molecule has 1 aliphatic heterocycles. The monoisotopic (exact) mass is 789 g/mol. The van der Waals surface area contributed by atoms with E-state index in [-0.39, 0.29) is 0 Å². The van der Waals surface area contributed by atoms with E-state index in [9.17, 15) is 0 Å². The number of rotatable bonds is 5. The van der Waals surface area contributed by atoms with Crippen molar-refractivity contribution in [3.05, 3.63) is 212 Å². The van der Waals surface area contributed by atoms with Gasteiger partial charge in [0.15, 0.2) is 11.6 Å². The maximum atomic E-state index is 5.39. The molecule has 13 rings (SSSR count). The highest BCUT2D eigenvalue weighted by molar-refractivity contribution is 6.28. The fourth-order valence-corrected chi connectivity index (χ4v) is 9.74. The molecule has 5 heteroatoms. The van der Waals surface area contributed by atoms with Gasteiger partial charge in [-0.25, -0.2) is 4.98 Å². The third kappa shape index (κ3) is 5.18. The lowest BCUT2D eigenvalue weighted by Gasteiger charge is -2.13. The van der Waals surface area contributed by atoms with E-state index >= 15 is 0 Å². The molecule has 4 heterocycles. The number of hydrogen-bond donors (Lipinski definition) is 0. The van der Waals surface area contributed by atoms with Gasteiger partial charge in [0.1, 0.15) is 0 Å². The molecule has 0 radical (unpaired) electrons. The molecule has 0 spiro atoms. The Balaban J connectivity index is 1.11. The Kier molecular flexibility index (Phi) is 7.54. The second kappa shape index (κ2) is 13.6. The van der Waals surface area contributed by atoms with Crippen LogP contribution in [-0.2, 0) is 0 Å². The smallest absolute Gasteiger partial charge is 0.238 e. The quantitative estimate of drug-likeness (QED) is 0.174. The maximum absolute atomic E-state index is 5.39. The van der Waals surface area contributed by atoms with Crippen LogP contribution in [0.5, 0.6) is 0 Å². The predicted molar refractivity (Wildman–Crippen MR) is 255 cm³/mol. The van der Waals surface area contributed by atoms with Crippen molar-refractivity contribution in [3.63, 3.8) is 0 Å². The molecule has 0 unspecified atom stereocenters. The first-order chi connectivity index (χ1) is 30.8. The van der Waals surface area contributed by atoms with E-state index in [0.717, 1.165) is 49.8 Å². The van der Waals surface area contributed by atoms with E-state index in [2.05, 4.69) is 209 Å². The fourth-order valence-electron chi connectivity index (χ4n) is 9.74. The van der Waals surface area contributed by atoms with Gasteiger partial charge in [-0.3, -0.25) is 4.57 Å². The number of aromatic nitrogens is 5. The van der Waals surface area contributed by atoms with Gasteiger partial charge in [-0.2, -0.15) is 9.97 Å². The Bertz CT molecular complexity index is 3610. The second-order valence-electron chi connectivity index (χ2n) is 16.0. The van der Waals surface area contributed by atoms with E-state index in [0.29, 0.717) is 17.6 Å². The van der Waals surface area contributed by atoms with E-state index in [1.54, 1.807) is 0 Å². The summed E-state index contributed by atoms with van der Waals surface area (Å²) < 4.78 is 4.75. The molecule has 0 bridgehead atoms. The molecule has 62 heavy (non-hydrogen) atoms. The Labute approximate surface area is 357 Å². The molecule has 0 saturated heterocycles. The summed E-state index contributed by atoms with van der Waals surface area (Å²) in [5.74, 6) is 1.79. The molecule has 0 fully saturated rings. The molecule has 9 aromatic carbocycles. The molecule has 12 aromatic rings. The molecule has 0 N–H and O–H groups in total. The first-order valence-corrected chi connectivity index (χ1v) is 21.0. The topological polar surface area (TPSA) is 48.5 Å². The standard InChI is InChI=1S/C57H35N5/c1-3-15-36(16-4-1)38-27-31-40(32-28-38)55-58-56(41-33-29-39(30-34-41)37-17-5-2-6-18-37)60-57(59-55)62-50-26-14-11-23-46(50)52-51(62)35-47-44-21-10-13-25-49(44)61-48-24-12-9-20-43(48)42-19-7-8-22-45(42)53(52)54(47)61/h1-35H. The highest BCUT2D eigenvalue weighted by atomic mass is 15.2. The highest BCUT2D eigenvalue weighted by Gasteiger charge is 2.29. The number of nitrogens with zero attached hydrogens (tertiary/aromatic N) is 5. The zero-order chi connectivity index (χ0) is 40.7. The van der Waals surface area contributed by atoms with Crippen LogP contribution < -0.4 is 0 Å². The summed E-state index contributed by atoms with van der Waals surface area (Å²) in [6.45, 7) is 0. The van der Waals surface area contributed by atoms with Crippen molar-refractivity contribution in [2.45, 2.75) is 0 Å². The zero-order valence-corrected chi connectivity index (χ0v) is 33.4. The molecule has 5 nitrogen and oxygen atoms in total. The normalized spacial score (nSPS) is 11.9. The molecular formula is C57H35N5. The van der Waals surface area contributed by atoms with Crippen molar-refractivity contribution in [1.29, 1.82) is 0 Å². The summed E-state index contributed by atoms with van der Waals surface area (Å²) in [5, 5.41) is 4.69. The molecule has 3 aromatic heterocycles. The molecule has 288 valence electrons. The first kappa shape index (κ1) is 34.5. The first-order valence-electron chi connectivity index (χ1n) is 21.0. The van der Waals surface area contributed by atoms with Gasteiger partial charge in [-0.1, -0.05) is 188 Å². The third-order valence-corrected chi connectivity index (χ3v) is 12.5. The van der Waals surface area contributed by atoms with E-state index in [1.165, 1.54) is 55.1 Å². The van der Waals surface area contributed by atoms with E-state index in [4.69, 9.17) is 15.0 Å². The van der Waals surface area contributed by atoms with Crippen LogP contribution in [0.25, 0.3) is 123 Å². The molecule has 0 atom stereocenters. The van der Waals surface area contributed by atoms with E-state index < -0.39 is 0 Å². The van der Waals surface area contributed by atoms with Gasteiger partial charge in [0, 0.05) is 43.8 Å². The Morgan fingerprint density at radius 3 is 1.40 bits per heavy atom. The second-order valence-corrected chi connectivity index (χ2v) is 16.0. The van der Waals surface area contributed by atoms with Gasteiger partial charge in [0.25, 0.3) is 0 Å². The summed E-state index contributed by atoms with van der Waals surface area (Å²) in [5.41, 5.74) is 16.9. The number of para-hydroxylation sites is 3.